The smallest absolute Gasteiger partial charge is 0.412 e. The summed E-state index contributed by atoms with van der Waals surface area (Å²) in [5.74, 6) is -1.11. The molecule has 1 aromatic carbocycles. The van der Waals surface area contributed by atoms with Gasteiger partial charge in [0.1, 0.15) is 21.9 Å². The van der Waals surface area contributed by atoms with Crippen LogP contribution in [0.5, 0.6) is 0 Å². The predicted molar refractivity (Wildman–Crippen MR) is 162 cm³/mol. The number of carbonyl (C=O) groups is 4. The highest BCUT2D eigenvalue weighted by Gasteiger charge is 2.20. The maximum atomic E-state index is 13.0. The molecule has 3 amide bonds. The standard InChI is InChI=1S/C30H33N5O6S/c1-7-40-28(38)25-13-12-24(42-25)18-8-10-19(11-9-18)31-26(36)22-14-20(16-34(22)5)32-27(37)23-15-21(17-35(23)6)33-29(39)41-30(2,3)4/h8-17H,7H2,1-6H3,(H,31,36)(H,32,37)(H,33,39). The van der Waals surface area contributed by atoms with E-state index in [4.69, 9.17) is 9.47 Å². The first kappa shape index (κ1) is 30.1. The second kappa shape index (κ2) is 12.4. The van der Waals surface area contributed by atoms with Crippen molar-refractivity contribution < 1.29 is 28.7 Å². The van der Waals surface area contributed by atoms with E-state index in [9.17, 15) is 19.2 Å². The molecule has 0 bridgehead atoms. The maximum absolute atomic E-state index is 13.0. The Hall–Kier alpha value is -4.84. The molecule has 0 saturated carbocycles. The van der Waals surface area contributed by atoms with Gasteiger partial charge in [0.05, 0.1) is 18.0 Å². The van der Waals surface area contributed by atoms with E-state index in [0.717, 1.165) is 10.4 Å². The van der Waals surface area contributed by atoms with Crippen LogP contribution in [-0.4, -0.2) is 45.2 Å². The lowest BCUT2D eigenvalue weighted by molar-refractivity contribution is 0.0531. The number of ether oxygens (including phenoxy) is 2. The fourth-order valence-corrected chi connectivity index (χ4v) is 4.96. The van der Waals surface area contributed by atoms with Gasteiger partial charge in [-0.1, -0.05) is 12.1 Å². The number of anilines is 3. The van der Waals surface area contributed by atoms with E-state index in [0.29, 0.717) is 39.9 Å². The van der Waals surface area contributed by atoms with Gasteiger partial charge >= 0.3 is 12.1 Å². The number of hydrogen-bond acceptors (Lipinski definition) is 7. The van der Waals surface area contributed by atoms with Crippen LogP contribution in [0.1, 0.15) is 58.3 Å². The van der Waals surface area contributed by atoms with Crippen molar-refractivity contribution >= 4 is 52.3 Å². The Bertz CT molecular complexity index is 1620. The summed E-state index contributed by atoms with van der Waals surface area (Å²) >= 11 is 1.34. The average Bonchev–Trinajstić information content (AvgIpc) is 3.62. The Labute approximate surface area is 247 Å². The van der Waals surface area contributed by atoms with Crippen molar-refractivity contribution in [2.75, 3.05) is 22.6 Å². The van der Waals surface area contributed by atoms with Gasteiger partial charge in [-0.2, -0.15) is 0 Å². The molecule has 4 rings (SSSR count). The van der Waals surface area contributed by atoms with Crippen LogP contribution < -0.4 is 16.0 Å². The van der Waals surface area contributed by atoms with Gasteiger partial charge in [0, 0.05) is 37.1 Å². The van der Waals surface area contributed by atoms with E-state index < -0.39 is 17.6 Å². The zero-order valence-corrected chi connectivity index (χ0v) is 25.0. The van der Waals surface area contributed by atoms with E-state index in [-0.39, 0.29) is 11.9 Å². The molecule has 0 unspecified atom stereocenters. The van der Waals surface area contributed by atoms with E-state index in [1.807, 2.05) is 18.2 Å². The van der Waals surface area contributed by atoms with Gasteiger partial charge in [-0.05, 0) is 69.7 Å². The van der Waals surface area contributed by atoms with Gasteiger partial charge in [-0.15, -0.1) is 11.3 Å². The van der Waals surface area contributed by atoms with Crippen molar-refractivity contribution in [3.05, 3.63) is 77.2 Å². The van der Waals surface area contributed by atoms with Gasteiger partial charge in [0.25, 0.3) is 11.8 Å². The van der Waals surface area contributed by atoms with Crippen molar-refractivity contribution in [1.29, 1.82) is 0 Å². The molecular formula is C30H33N5O6S. The van der Waals surface area contributed by atoms with Crippen molar-refractivity contribution in [2.45, 2.75) is 33.3 Å². The highest BCUT2D eigenvalue weighted by Crippen LogP contribution is 2.30. The lowest BCUT2D eigenvalue weighted by Gasteiger charge is -2.19. The van der Waals surface area contributed by atoms with Crippen molar-refractivity contribution in [1.82, 2.24) is 9.13 Å². The quantitative estimate of drug-likeness (QED) is 0.212. The number of thiophene rings is 1. The molecule has 42 heavy (non-hydrogen) atoms. The Balaban J connectivity index is 1.38. The van der Waals surface area contributed by atoms with Crippen LogP contribution >= 0.6 is 11.3 Å². The number of benzene rings is 1. The molecule has 11 nitrogen and oxygen atoms in total. The molecule has 0 saturated heterocycles. The first-order chi connectivity index (χ1) is 19.8. The van der Waals surface area contributed by atoms with Crippen molar-refractivity contribution in [3.8, 4) is 10.4 Å². The summed E-state index contributed by atoms with van der Waals surface area (Å²) in [5, 5.41) is 8.27. The number of nitrogens with zero attached hydrogens (tertiary/aromatic N) is 2. The Morgan fingerprint density at radius 1 is 0.786 bits per heavy atom. The number of carbonyl (C=O) groups excluding carboxylic acids is 4. The summed E-state index contributed by atoms with van der Waals surface area (Å²) in [5.41, 5.74) is 2.33. The highest BCUT2D eigenvalue weighted by molar-refractivity contribution is 7.17. The second-order valence-corrected chi connectivity index (χ2v) is 11.5. The lowest BCUT2D eigenvalue weighted by Crippen LogP contribution is -2.27. The molecule has 3 heterocycles. The SMILES string of the molecule is CCOC(=O)c1ccc(-c2ccc(NC(=O)c3cc(NC(=O)c4cc(NC(=O)OC(C)(C)C)cn4C)cn3C)cc2)s1. The number of aromatic nitrogens is 2. The summed E-state index contributed by atoms with van der Waals surface area (Å²) in [6.45, 7) is 7.37. The number of amides is 3. The summed E-state index contributed by atoms with van der Waals surface area (Å²) in [6, 6.07) is 14.0. The largest absolute Gasteiger partial charge is 0.462 e. The number of rotatable bonds is 8. The topological polar surface area (TPSA) is 133 Å². The maximum Gasteiger partial charge on any atom is 0.412 e. The van der Waals surface area contributed by atoms with E-state index in [2.05, 4.69) is 16.0 Å². The van der Waals surface area contributed by atoms with Gasteiger partial charge in [0.2, 0.25) is 0 Å². The lowest BCUT2D eigenvalue weighted by atomic mass is 10.1. The van der Waals surface area contributed by atoms with Crippen LogP contribution in [0.4, 0.5) is 21.9 Å². The zero-order valence-electron chi connectivity index (χ0n) is 24.2. The van der Waals surface area contributed by atoms with E-state index >= 15 is 0 Å². The highest BCUT2D eigenvalue weighted by atomic mass is 32.1. The molecule has 12 heteroatoms. The zero-order chi connectivity index (χ0) is 30.6. The molecule has 0 fully saturated rings. The summed E-state index contributed by atoms with van der Waals surface area (Å²) in [4.78, 5) is 51.4. The molecule has 3 aromatic heterocycles. The number of esters is 1. The molecule has 0 radical (unpaired) electrons. The molecule has 4 aromatic rings. The monoisotopic (exact) mass is 591 g/mol. The molecule has 220 valence electrons. The van der Waals surface area contributed by atoms with Crippen molar-refractivity contribution in [3.63, 3.8) is 0 Å². The van der Waals surface area contributed by atoms with Gasteiger partial charge in [-0.25, -0.2) is 9.59 Å². The first-order valence-electron chi connectivity index (χ1n) is 13.2. The Morgan fingerprint density at radius 2 is 1.33 bits per heavy atom. The van der Waals surface area contributed by atoms with Gasteiger partial charge in [0.15, 0.2) is 0 Å². The molecule has 3 N–H and O–H groups in total. The molecule has 0 atom stereocenters. The third-order valence-electron chi connectivity index (χ3n) is 5.89. The van der Waals surface area contributed by atoms with Gasteiger partial charge < -0.3 is 29.2 Å². The third-order valence-corrected chi connectivity index (χ3v) is 7.00. The van der Waals surface area contributed by atoms with Crippen LogP contribution in [-0.2, 0) is 23.6 Å². The summed E-state index contributed by atoms with van der Waals surface area (Å²) < 4.78 is 13.5. The summed E-state index contributed by atoms with van der Waals surface area (Å²) in [6.07, 6.45) is 2.62. The van der Waals surface area contributed by atoms with Gasteiger partial charge in [-0.3, -0.25) is 14.9 Å². The molecule has 0 aliphatic heterocycles. The molecule has 0 aliphatic rings. The number of aryl methyl sites for hydroxylation is 2. The van der Waals surface area contributed by atoms with Crippen LogP contribution in [0.15, 0.2) is 60.9 Å². The van der Waals surface area contributed by atoms with Crippen molar-refractivity contribution in [2.24, 2.45) is 14.1 Å². The molecule has 0 spiro atoms. The normalized spacial score (nSPS) is 11.1. The Kier molecular flexibility index (Phi) is 8.86. The Morgan fingerprint density at radius 3 is 1.88 bits per heavy atom. The summed E-state index contributed by atoms with van der Waals surface area (Å²) in [7, 11) is 3.39. The molecular weight excluding hydrogens is 558 g/mol. The van der Waals surface area contributed by atoms with E-state index in [1.54, 1.807) is 87.6 Å². The minimum atomic E-state index is -0.652. The van der Waals surface area contributed by atoms with Crippen LogP contribution in [0.2, 0.25) is 0 Å². The second-order valence-electron chi connectivity index (χ2n) is 10.4. The average molecular weight is 592 g/mol. The van der Waals surface area contributed by atoms with Crippen LogP contribution in [0.25, 0.3) is 10.4 Å². The number of hydrogen-bond donors (Lipinski definition) is 3. The fraction of sp³-hybridized carbons (Fsp3) is 0.267. The third kappa shape index (κ3) is 7.46. The van der Waals surface area contributed by atoms with Crippen LogP contribution in [0.3, 0.4) is 0 Å². The minimum absolute atomic E-state index is 0.302. The fourth-order valence-electron chi connectivity index (χ4n) is 4.05. The first-order valence-corrected chi connectivity index (χ1v) is 14.0. The predicted octanol–water partition coefficient (Wildman–Crippen LogP) is 6.12. The van der Waals surface area contributed by atoms with E-state index in [1.165, 1.54) is 17.4 Å². The van der Waals surface area contributed by atoms with Crippen LogP contribution in [0, 0.1) is 0 Å². The minimum Gasteiger partial charge on any atom is -0.462 e. The number of nitrogens with one attached hydrogen (secondary N) is 3. The molecule has 0 aliphatic carbocycles.